The van der Waals surface area contributed by atoms with Gasteiger partial charge in [-0.15, -0.1) is 0 Å². The molecule has 6 N–H and O–H groups in total. The molecule has 0 heterocycles. The lowest BCUT2D eigenvalue weighted by Gasteiger charge is -2.13. The smallest absolute Gasteiger partial charge is 0.296 e. The number of rotatable bonds is 7. The molecule has 0 spiro atoms. The molecule has 5 rings (SSSR count). The van der Waals surface area contributed by atoms with Gasteiger partial charge < -0.3 is 21.5 Å². The van der Waals surface area contributed by atoms with Gasteiger partial charge in [0.15, 0.2) is 0 Å². The van der Waals surface area contributed by atoms with Gasteiger partial charge in [-0.1, -0.05) is 18.2 Å². The van der Waals surface area contributed by atoms with E-state index in [0.717, 1.165) is 46.3 Å². The lowest BCUT2D eigenvalue weighted by atomic mass is 10.1. The van der Waals surface area contributed by atoms with Gasteiger partial charge in [-0.05, 0) is 91.0 Å². The highest BCUT2D eigenvalue weighted by Crippen LogP contribution is 2.33. The lowest BCUT2D eigenvalue weighted by Crippen LogP contribution is -2.05. The fraction of sp³-hybridized carbons (Fsp3) is 0. The molecule has 0 atom stereocenters. The standard InChI is InChI=1S/C30H25N5O4S/c31-27-18-30(40(37,38)39)28(19-29(27)36)35-26-16-14-25(15-17-26)34-24-12-10-23(11-13-24)33-22-8-6-21(7-9-22)32-20-4-2-1-3-5-20/h1-19,34-36H,31H2,(H,37,38,39). The highest BCUT2D eigenvalue weighted by Gasteiger charge is 2.18. The van der Waals surface area contributed by atoms with E-state index in [-0.39, 0.29) is 17.1 Å². The highest BCUT2D eigenvalue weighted by atomic mass is 32.2. The van der Waals surface area contributed by atoms with E-state index in [1.807, 2.05) is 78.9 Å². The van der Waals surface area contributed by atoms with Crippen molar-refractivity contribution in [3.63, 3.8) is 0 Å². The number of para-hydroxylation sites is 1. The van der Waals surface area contributed by atoms with Gasteiger partial charge >= 0.3 is 0 Å². The quantitative estimate of drug-likeness (QED) is 0.0744. The zero-order chi connectivity index (χ0) is 28.1. The monoisotopic (exact) mass is 551 g/mol. The number of nitrogen functional groups attached to an aromatic ring is 1. The number of nitrogens with two attached hydrogens (primary N) is 1. The molecule has 4 aromatic carbocycles. The first-order chi connectivity index (χ1) is 19.2. The maximum absolute atomic E-state index is 11.7. The second kappa shape index (κ2) is 11.3. The number of aromatic hydroxyl groups is 1. The Balaban J connectivity index is 1.22. The summed E-state index contributed by atoms with van der Waals surface area (Å²) in [6, 6.07) is 26.6. The van der Waals surface area contributed by atoms with Crippen LogP contribution in [0.25, 0.3) is 0 Å². The van der Waals surface area contributed by atoms with E-state index < -0.39 is 15.0 Å². The Morgan fingerprint density at radius 2 is 1.12 bits per heavy atom. The zero-order valence-corrected chi connectivity index (χ0v) is 21.9. The molecule has 0 saturated heterocycles. The third-order valence-electron chi connectivity index (χ3n) is 5.85. The van der Waals surface area contributed by atoms with E-state index in [1.54, 1.807) is 24.3 Å². The molecule has 0 saturated carbocycles. The number of nitrogens with zero attached hydrogens (tertiary/aromatic N) is 2. The third kappa shape index (κ3) is 6.62. The van der Waals surface area contributed by atoms with Crippen LogP contribution in [0, 0.1) is 0 Å². The second-order valence-electron chi connectivity index (χ2n) is 8.83. The zero-order valence-electron chi connectivity index (χ0n) is 21.1. The van der Waals surface area contributed by atoms with Crippen molar-refractivity contribution < 1.29 is 18.1 Å². The topological polar surface area (TPSA) is 149 Å². The van der Waals surface area contributed by atoms with Crippen LogP contribution in [0.1, 0.15) is 0 Å². The molecule has 0 unspecified atom stereocenters. The van der Waals surface area contributed by atoms with Crippen molar-refractivity contribution in [2.45, 2.75) is 4.90 Å². The number of phenolic OH excluding ortho intramolecular Hbond substituents is 1. The predicted octanol–water partition coefficient (Wildman–Crippen LogP) is 6.68. The Labute approximate surface area is 231 Å². The van der Waals surface area contributed by atoms with Crippen molar-refractivity contribution >= 4 is 61.4 Å². The summed E-state index contributed by atoms with van der Waals surface area (Å²) in [5.74, 6) is -0.307. The SMILES string of the molecule is Nc1cc(S(=O)(=O)O)c(Nc2ccc(Nc3ccc(N=C4C=CC(=Nc5ccccc5)C=C4)cc3)cc2)cc1O. The highest BCUT2D eigenvalue weighted by molar-refractivity contribution is 7.86. The van der Waals surface area contributed by atoms with Gasteiger partial charge in [0.2, 0.25) is 0 Å². The van der Waals surface area contributed by atoms with Crippen LogP contribution in [0.3, 0.4) is 0 Å². The average Bonchev–Trinajstić information content (AvgIpc) is 2.94. The van der Waals surface area contributed by atoms with E-state index in [1.165, 1.54) is 0 Å². The molecule has 9 nitrogen and oxygen atoms in total. The van der Waals surface area contributed by atoms with Gasteiger partial charge in [-0.2, -0.15) is 8.42 Å². The fourth-order valence-corrected chi connectivity index (χ4v) is 4.54. The molecule has 0 amide bonds. The number of hydrogen-bond donors (Lipinski definition) is 5. The number of phenols is 1. The summed E-state index contributed by atoms with van der Waals surface area (Å²) in [5, 5.41) is 16.1. The maximum Gasteiger partial charge on any atom is 0.296 e. The minimum Gasteiger partial charge on any atom is -0.506 e. The number of nitrogens with one attached hydrogen (secondary N) is 2. The molecule has 200 valence electrons. The van der Waals surface area contributed by atoms with E-state index in [9.17, 15) is 18.1 Å². The number of benzene rings is 4. The van der Waals surface area contributed by atoms with E-state index in [4.69, 9.17) is 5.73 Å². The number of anilines is 5. The molecule has 1 aliphatic carbocycles. The normalized spacial score (nSPS) is 12.7. The summed E-state index contributed by atoms with van der Waals surface area (Å²) in [6.07, 6.45) is 7.71. The van der Waals surface area contributed by atoms with E-state index >= 15 is 0 Å². The van der Waals surface area contributed by atoms with Crippen molar-refractivity contribution in [2.75, 3.05) is 16.4 Å². The lowest BCUT2D eigenvalue weighted by molar-refractivity contribution is 0.476. The molecule has 10 heteroatoms. The van der Waals surface area contributed by atoms with Crippen molar-refractivity contribution in [3.05, 3.63) is 115 Å². The molecule has 0 bridgehead atoms. The molecule has 1 aliphatic rings. The summed E-state index contributed by atoms with van der Waals surface area (Å²) < 4.78 is 33.0. The second-order valence-corrected chi connectivity index (χ2v) is 10.2. The summed E-state index contributed by atoms with van der Waals surface area (Å²) in [6.45, 7) is 0. The van der Waals surface area contributed by atoms with Crippen LogP contribution in [-0.2, 0) is 10.1 Å². The van der Waals surface area contributed by atoms with Gasteiger partial charge in [0.1, 0.15) is 10.6 Å². The molecule has 4 aromatic rings. The third-order valence-corrected chi connectivity index (χ3v) is 6.74. The largest absolute Gasteiger partial charge is 0.506 e. The molecular formula is C30H25N5O4S. The van der Waals surface area contributed by atoms with Gasteiger partial charge in [0.05, 0.1) is 34.2 Å². The van der Waals surface area contributed by atoms with Crippen LogP contribution in [0.4, 0.5) is 39.8 Å². The Morgan fingerprint density at radius 1 is 0.650 bits per heavy atom. The first-order valence-electron chi connectivity index (χ1n) is 12.2. The Morgan fingerprint density at radius 3 is 1.65 bits per heavy atom. The van der Waals surface area contributed by atoms with Gasteiger partial charge in [-0.25, -0.2) is 9.98 Å². The summed E-state index contributed by atoms with van der Waals surface area (Å²) >= 11 is 0. The van der Waals surface area contributed by atoms with Gasteiger partial charge in [0.25, 0.3) is 10.1 Å². The van der Waals surface area contributed by atoms with Crippen LogP contribution in [0.5, 0.6) is 5.75 Å². The summed E-state index contributed by atoms with van der Waals surface area (Å²) in [5.41, 5.74) is 11.0. The molecular weight excluding hydrogens is 526 g/mol. The van der Waals surface area contributed by atoms with Crippen molar-refractivity contribution in [1.82, 2.24) is 0 Å². The minimum absolute atomic E-state index is 0.00511. The van der Waals surface area contributed by atoms with Crippen molar-refractivity contribution in [3.8, 4) is 5.75 Å². The fourth-order valence-electron chi connectivity index (χ4n) is 3.88. The minimum atomic E-state index is -4.56. The summed E-state index contributed by atoms with van der Waals surface area (Å²) in [7, 11) is -4.56. The Hall–Kier alpha value is -5.19. The van der Waals surface area contributed by atoms with E-state index in [2.05, 4.69) is 20.6 Å². The van der Waals surface area contributed by atoms with Crippen molar-refractivity contribution in [1.29, 1.82) is 0 Å². The van der Waals surface area contributed by atoms with Crippen LogP contribution in [0.15, 0.2) is 130 Å². The van der Waals surface area contributed by atoms with Gasteiger partial charge in [-0.3, -0.25) is 4.55 Å². The van der Waals surface area contributed by atoms with E-state index in [0.29, 0.717) is 5.69 Å². The molecule has 0 radical (unpaired) electrons. The Bertz CT molecular complexity index is 1740. The number of allylic oxidation sites excluding steroid dienone is 4. The van der Waals surface area contributed by atoms with Crippen LogP contribution >= 0.6 is 0 Å². The van der Waals surface area contributed by atoms with Crippen molar-refractivity contribution in [2.24, 2.45) is 9.98 Å². The number of hydrogen-bond acceptors (Lipinski definition) is 8. The maximum atomic E-state index is 11.7. The molecule has 40 heavy (non-hydrogen) atoms. The van der Waals surface area contributed by atoms with Crippen LogP contribution in [-0.4, -0.2) is 29.5 Å². The van der Waals surface area contributed by atoms with Crippen LogP contribution in [0.2, 0.25) is 0 Å². The molecule has 0 aliphatic heterocycles. The van der Waals surface area contributed by atoms with Gasteiger partial charge in [0, 0.05) is 23.1 Å². The molecule has 0 fully saturated rings. The van der Waals surface area contributed by atoms with Crippen LogP contribution < -0.4 is 16.4 Å². The Kier molecular flexibility index (Phi) is 7.45. The number of aliphatic imine (C=N–C) groups is 2. The average molecular weight is 552 g/mol. The predicted molar refractivity (Wildman–Crippen MR) is 161 cm³/mol. The molecule has 0 aromatic heterocycles. The first kappa shape index (κ1) is 26.4. The summed E-state index contributed by atoms with van der Waals surface area (Å²) in [4.78, 5) is 8.81. The first-order valence-corrected chi connectivity index (χ1v) is 13.6.